The number of nitrogens with one attached hydrogen (secondary N) is 1. The van der Waals surface area contributed by atoms with Gasteiger partial charge in [-0.25, -0.2) is 0 Å². The Hall–Kier alpha value is -1.02. The number of H-pyrrole nitrogens is 1. The van der Waals surface area contributed by atoms with Crippen molar-refractivity contribution in [2.45, 2.75) is 71.5 Å². The highest BCUT2D eigenvalue weighted by Crippen LogP contribution is 2.44. The minimum atomic E-state index is -2.00. The molecule has 2 rings (SSSR count). The third-order valence-corrected chi connectivity index (χ3v) is 14.1. The van der Waals surface area contributed by atoms with Gasteiger partial charge in [-0.3, -0.25) is 4.79 Å². The number of fused-ring (bicyclic) bond motifs is 1. The fourth-order valence-corrected chi connectivity index (χ4v) is 12.9. The zero-order valence-electron chi connectivity index (χ0n) is 18.5. The minimum Gasteiger partial charge on any atom is -0.496 e. The molecule has 0 fully saturated rings. The lowest BCUT2D eigenvalue weighted by molar-refractivity contribution is -0.125. The highest BCUT2D eigenvalue weighted by Gasteiger charge is 2.49. The number of halogens is 1. The summed E-state index contributed by atoms with van der Waals surface area (Å²) in [6.07, 6.45) is 2.94. The van der Waals surface area contributed by atoms with E-state index in [4.69, 9.17) is 4.74 Å². The molecule has 156 valence electrons. The van der Waals surface area contributed by atoms with E-state index < -0.39 is 8.24 Å². The lowest BCUT2D eigenvalue weighted by Crippen LogP contribution is -2.62. The number of ether oxygens (including phenoxy) is 1. The van der Waals surface area contributed by atoms with Crippen molar-refractivity contribution in [1.29, 1.82) is 0 Å². The quantitative estimate of drug-likeness (QED) is 0.330. The number of methoxy groups -OCH3 is 1. The SMILES string of the molecule is COc1cc2c(CCN(C(C)=O)[Si](C(C)C)(C(C)C)C(C)C)c[nH]c2cc1I. The van der Waals surface area contributed by atoms with Crippen LogP contribution < -0.4 is 4.74 Å². The van der Waals surface area contributed by atoms with Gasteiger partial charge in [0, 0.05) is 30.6 Å². The second-order valence-electron chi connectivity index (χ2n) is 8.62. The van der Waals surface area contributed by atoms with Crippen LogP contribution in [0.3, 0.4) is 0 Å². The van der Waals surface area contributed by atoms with Crippen LogP contribution in [-0.4, -0.2) is 37.3 Å². The second-order valence-corrected chi connectivity index (χ2v) is 15.6. The zero-order chi connectivity index (χ0) is 21.2. The van der Waals surface area contributed by atoms with E-state index in [0.29, 0.717) is 16.6 Å². The third kappa shape index (κ3) is 4.13. The number of hydrogen-bond acceptors (Lipinski definition) is 2. The van der Waals surface area contributed by atoms with Crippen molar-refractivity contribution in [3.8, 4) is 5.75 Å². The highest BCUT2D eigenvalue weighted by atomic mass is 127. The minimum absolute atomic E-state index is 0.217. The van der Waals surface area contributed by atoms with Gasteiger partial charge in [-0.2, -0.15) is 0 Å². The van der Waals surface area contributed by atoms with Crippen LogP contribution in [0.15, 0.2) is 18.3 Å². The smallest absolute Gasteiger partial charge is 0.211 e. The van der Waals surface area contributed by atoms with E-state index >= 15 is 0 Å². The van der Waals surface area contributed by atoms with Crippen molar-refractivity contribution >= 4 is 47.6 Å². The maximum absolute atomic E-state index is 12.8. The molecule has 0 bridgehead atoms. The number of aromatic amines is 1. The predicted octanol–water partition coefficient (Wildman–Crippen LogP) is 6.35. The van der Waals surface area contributed by atoms with Gasteiger partial charge in [0.2, 0.25) is 5.91 Å². The standard InChI is InChI=1S/C22H35IN2O2Si/c1-14(2)28(15(3)4,16(5)6)25(17(7)26)10-9-18-13-24-21-12-20(23)22(27-8)11-19(18)21/h11-16,24H,9-10H2,1-8H3. The number of nitrogens with zero attached hydrogens (tertiary/aromatic N) is 1. The van der Waals surface area contributed by atoms with E-state index in [0.717, 1.165) is 27.8 Å². The van der Waals surface area contributed by atoms with Gasteiger partial charge in [-0.1, -0.05) is 41.5 Å². The van der Waals surface area contributed by atoms with Crippen molar-refractivity contribution in [1.82, 2.24) is 9.55 Å². The van der Waals surface area contributed by atoms with Crippen LogP contribution in [0.25, 0.3) is 10.9 Å². The van der Waals surface area contributed by atoms with Crippen molar-refractivity contribution in [3.63, 3.8) is 0 Å². The molecule has 0 saturated carbocycles. The molecule has 1 amide bonds. The first-order valence-electron chi connectivity index (χ1n) is 10.2. The first-order chi connectivity index (χ1) is 13.1. The van der Waals surface area contributed by atoms with E-state index in [1.54, 1.807) is 14.0 Å². The van der Waals surface area contributed by atoms with Crippen molar-refractivity contribution in [3.05, 3.63) is 27.5 Å². The van der Waals surface area contributed by atoms with Gasteiger partial charge in [-0.05, 0) is 63.3 Å². The molecule has 1 aromatic heterocycles. The maximum atomic E-state index is 12.8. The van der Waals surface area contributed by atoms with Gasteiger partial charge in [0.1, 0.15) is 5.75 Å². The van der Waals surface area contributed by atoms with Crippen LogP contribution in [0.4, 0.5) is 0 Å². The summed E-state index contributed by atoms with van der Waals surface area (Å²) in [6.45, 7) is 16.4. The highest BCUT2D eigenvalue weighted by molar-refractivity contribution is 14.1. The van der Waals surface area contributed by atoms with Crippen molar-refractivity contribution in [2.75, 3.05) is 13.7 Å². The topological polar surface area (TPSA) is 45.3 Å². The Labute approximate surface area is 184 Å². The summed E-state index contributed by atoms with van der Waals surface area (Å²) in [5.74, 6) is 1.11. The molecule has 1 aromatic carbocycles. The lowest BCUT2D eigenvalue weighted by Gasteiger charge is -2.50. The number of aromatic nitrogens is 1. The summed E-state index contributed by atoms with van der Waals surface area (Å²) in [7, 11) is -0.291. The largest absolute Gasteiger partial charge is 0.496 e. The van der Waals surface area contributed by atoms with Crippen molar-refractivity contribution in [2.24, 2.45) is 0 Å². The van der Waals surface area contributed by atoms with Gasteiger partial charge in [0.15, 0.2) is 8.24 Å². The van der Waals surface area contributed by atoms with Crippen LogP contribution >= 0.6 is 22.6 Å². The van der Waals surface area contributed by atoms with Gasteiger partial charge >= 0.3 is 0 Å². The van der Waals surface area contributed by atoms with Gasteiger partial charge < -0.3 is 14.3 Å². The first kappa shape index (κ1) is 23.3. The summed E-state index contributed by atoms with van der Waals surface area (Å²) < 4.78 is 8.88. The van der Waals surface area contributed by atoms with E-state index in [1.807, 2.05) is 0 Å². The number of rotatable bonds is 8. The molecule has 0 atom stereocenters. The molecule has 2 aromatic rings. The molecule has 6 heteroatoms. The molecule has 1 heterocycles. The van der Waals surface area contributed by atoms with Gasteiger partial charge in [0.25, 0.3) is 0 Å². The number of hydrogen-bond donors (Lipinski definition) is 1. The Balaban J connectivity index is 2.41. The molecule has 4 nitrogen and oxygen atoms in total. The number of benzene rings is 1. The Morgan fingerprint density at radius 1 is 1.14 bits per heavy atom. The fourth-order valence-electron chi connectivity index (χ4n) is 5.34. The average Bonchev–Trinajstić information content (AvgIpc) is 2.97. The Bertz CT molecular complexity index is 808. The third-order valence-electron chi connectivity index (χ3n) is 6.27. The molecule has 1 N–H and O–H groups in total. The predicted molar refractivity (Wildman–Crippen MR) is 130 cm³/mol. The zero-order valence-corrected chi connectivity index (χ0v) is 21.7. The van der Waals surface area contributed by atoms with E-state index in [9.17, 15) is 4.79 Å². The molecule has 0 aliphatic carbocycles. The Kier molecular flexibility index (Phi) is 7.64. The summed E-state index contributed by atoms with van der Waals surface area (Å²) in [5.41, 5.74) is 3.91. The molecule has 0 aliphatic heterocycles. The molecule has 0 radical (unpaired) electrons. The molecule has 0 saturated heterocycles. The summed E-state index contributed by atoms with van der Waals surface area (Å²) in [6, 6.07) is 4.23. The van der Waals surface area contributed by atoms with Gasteiger partial charge in [0.05, 0.1) is 10.7 Å². The molecule has 0 unspecified atom stereocenters. The van der Waals surface area contributed by atoms with Crippen LogP contribution in [0.2, 0.25) is 16.6 Å². The molecule has 0 aliphatic rings. The maximum Gasteiger partial charge on any atom is 0.211 e. The van der Waals surface area contributed by atoms with Gasteiger partial charge in [-0.15, -0.1) is 0 Å². The number of amides is 1. The van der Waals surface area contributed by atoms with Crippen LogP contribution in [0.1, 0.15) is 54.0 Å². The Morgan fingerprint density at radius 3 is 2.18 bits per heavy atom. The fraction of sp³-hybridized carbons (Fsp3) is 0.591. The molecular weight excluding hydrogens is 479 g/mol. The lowest BCUT2D eigenvalue weighted by atomic mass is 10.1. The summed E-state index contributed by atoms with van der Waals surface area (Å²) in [4.78, 5) is 16.2. The Morgan fingerprint density at radius 2 is 1.71 bits per heavy atom. The molecule has 0 spiro atoms. The molecular formula is C22H35IN2O2Si. The summed E-state index contributed by atoms with van der Waals surface area (Å²) in [5, 5.41) is 1.19. The normalized spacial score (nSPS) is 12.4. The van der Waals surface area contributed by atoms with E-state index in [1.165, 1.54) is 10.9 Å². The van der Waals surface area contributed by atoms with E-state index in [-0.39, 0.29) is 5.91 Å². The van der Waals surface area contributed by atoms with Crippen LogP contribution in [0.5, 0.6) is 5.75 Å². The summed E-state index contributed by atoms with van der Waals surface area (Å²) >= 11 is 2.30. The molecule has 28 heavy (non-hydrogen) atoms. The van der Waals surface area contributed by atoms with Crippen LogP contribution in [-0.2, 0) is 11.2 Å². The van der Waals surface area contributed by atoms with Crippen molar-refractivity contribution < 1.29 is 9.53 Å². The number of carbonyl (C=O) groups is 1. The number of carbonyl (C=O) groups excluding carboxylic acids is 1. The first-order valence-corrected chi connectivity index (χ1v) is 13.4. The average molecular weight is 515 g/mol. The monoisotopic (exact) mass is 514 g/mol. The second kappa shape index (κ2) is 9.20. The van der Waals surface area contributed by atoms with Crippen LogP contribution in [0, 0.1) is 3.57 Å². The van der Waals surface area contributed by atoms with E-state index in [2.05, 4.69) is 92.0 Å².